The van der Waals surface area contributed by atoms with Gasteiger partial charge in [0, 0.05) is 23.7 Å². The Kier molecular flexibility index (Phi) is 10.1. The number of alkyl halides is 2. The van der Waals surface area contributed by atoms with Crippen molar-refractivity contribution in [3.05, 3.63) is 29.0 Å². The van der Waals surface area contributed by atoms with E-state index in [2.05, 4.69) is 21.3 Å². The number of fused-ring (bicyclic) bond motifs is 3. The predicted molar refractivity (Wildman–Crippen MR) is 157 cm³/mol. The standard InChI is InChI=1S/C31H44ClF3N4O4/c32-21-9-8-20(16-22(21)33)43-19-25(41)38-29-12-14-30(15-13-29,24(40)17-29)39-28(42)23-18-36-26(27(34)35)31(37-23)10-6-4-2-1-3-5-7-11-31/h8-9,16,23-24,26-27,36-37,40H,1-7,10-15,17-19H2,(H,38,41)(H,39,42). The molecule has 12 heteroatoms. The Morgan fingerprint density at radius 2 is 1.65 bits per heavy atom. The van der Waals surface area contributed by atoms with E-state index < -0.39 is 47.0 Å². The van der Waals surface area contributed by atoms with Gasteiger partial charge in [-0.15, -0.1) is 0 Å². The molecule has 0 radical (unpaired) electrons. The van der Waals surface area contributed by atoms with Crippen LogP contribution in [0.4, 0.5) is 13.2 Å². The minimum absolute atomic E-state index is 0.0392. The third-order valence-electron chi connectivity index (χ3n) is 10.3. The number of ether oxygens (including phenoxy) is 1. The first-order chi connectivity index (χ1) is 20.6. The molecular formula is C31H44ClF3N4O4. The fourth-order valence-corrected chi connectivity index (χ4v) is 7.92. The zero-order valence-electron chi connectivity index (χ0n) is 24.5. The number of aliphatic hydroxyl groups excluding tert-OH is 1. The van der Waals surface area contributed by atoms with Crippen molar-refractivity contribution < 1.29 is 32.6 Å². The normalized spacial score (nSPS) is 32.7. The molecule has 240 valence electrons. The van der Waals surface area contributed by atoms with Gasteiger partial charge in [0.25, 0.3) is 12.3 Å². The first-order valence-corrected chi connectivity index (χ1v) is 16.1. The van der Waals surface area contributed by atoms with Crippen LogP contribution in [0.2, 0.25) is 5.02 Å². The van der Waals surface area contributed by atoms with Gasteiger partial charge in [0.2, 0.25) is 5.91 Å². The summed E-state index contributed by atoms with van der Waals surface area (Å²) in [5.74, 6) is -1.14. The lowest BCUT2D eigenvalue weighted by Gasteiger charge is -2.57. The van der Waals surface area contributed by atoms with Crippen LogP contribution in [0.1, 0.15) is 89.9 Å². The molecule has 5 N–H and O–H groups in total. The van der Waals surface area contributed by atoms with Gasteiger partial charge in [-0.05, 0) is 57.1 Å². The van der Waals surface area contributed by atoms with E-state index in [4.69, 9.17) is 16.3 Å². The van der Waals surface area contributed by atoms with E-state index in [1.165, 1.54) is 18.6 Å². The number of rotatable bonds is 7. The van der Waals surface area contributed by atoms with Crippen molar-refractivity contribution in [2.24, 2.45) is 0 Å². The number of benzene rings is 1. The van der Waals surface area contributed by atoms with Gasteiger partial charge in [0.1, 0.15) is 11.6 Å². The number of piperazine rings is 1. The topological polar surface area (TPSA) is 112 Å². The molecule has 1 aliphatic heterocycles. The Balaban J connectivity index is 1.18. The molecular weight excluding hydrogens is 585 g/mol. The fraction of sp³-hybridized carbons (Fsp3) is 0.742. The molecule has 5 fully saturated rings. The fourth-order valence-electron chi connectivity index (χ4n) is 7.80. The van der Waals surface area contributed by atoms with E-state index in [1.54, 1.807) is 0 Å². The van der Waals surface area contributed by atoms with Gasteiger partial charge in [-0.25, -0.2) is 13.2 Å². The van der Waals surface area contributed by atoms with Crippen molar-refractivity contribution >= 4 is 23.4 Å². The van der Waals surface area contributed by atoms with Crippen LogP contribution in [0.15, 0.2) is 18.2 Å². The van der Waals surface area contributed by atoms with Gasteiger partial charge in [0.15, 0.2) is 6.61 Å². The summed E-state index contributed by atoms with van der Waals surface area (Å²) in [4.78, 5) is 26.4. The summed E-state index contributed by atoms with van der Waals surface area (Å²) >= 11 is 5.69. The van der Waals surface area contributed by atoms with Crippen molar-refractivity contribution in [2.45, 2.75) is 131 Å². The highest BCUT2D eigenvalue weighted by Gasteiger charge is 2.56. The molecule has 2 amide bonds. The molecule has 4 saturated carbocycles. The van der Waals surface area contributed by atoms with Crippen molar-refractivity contribution in [1.29, 1.82) is 0 Å². The van der Waals surface area contributed by atoms with E-state index in [9.17, 15) is 27.9 Å². The maximum Gasteiger partial charge on any atom is 0.258 e. The van der Waals surface area contributed by atoms with E-state index in [1.807, 2.05) is 0 Å². The van der Waals surface area contributed by atoms with Crippen LogP contribution >= 0.6 is 11.6 Å². The van der Waals surface area contributed by atoms with E-state index in [0.717, 1.165) is 44.6 Å². The number of nitrogens with one attached hydrogen (secondary N) is 4. The van der Waals surface area contributed by atoms with Crippen molar-refractivity contribution in [1.82, 2.24) is 21.3 Å². The summed E-state index contributed by atoms with van der Waals surface area (Å²) < 4.78 is 47.6. The molecule has 1 heterocycles. The Morgan fingerprint density at radius 3 is 2.26 bits per heavy atom. The van der Waals surface area contributed by atoms with Crippen LogP contribution in [0.5, 0.6) is 5.75 Å². The molecule has 8 nitrogen and oxygen atoms in total. The summed E-state index contributed by atoms with van der Waals surface area (Å²) in [6.45, 7) is -0.227. The second-order valence-electron chi connectivity index (χ2n) is 13.1. The average Bonchev–Trinajstić information content (AvgIpc) is 2.98. The van der Waals surface area contributed by atoms with Gasteiger partial charge >= 0.3 is 0 Å². The van der Waals surface area contributed by atoms with Crippen molar-refractivity contribution in [2.75, 3.05) is 13.2 Å². The Hall–Kier alpha value is -2.08. The molecule has 43 heavy (non-hydrogen) atoms. The Labute approximate surface area is 256 Å². The largest absolute Gasteiger partial charge is 0.484 e. The van der Waals surface area contributed by atoms with E-state index in [-0.39, 0.29) is 42.2 Å². The molecule has 3 atom stereocenters. The van der Waals surface area contributed by atoms with Crippen LogP contribution in [0.25, 0.3) is 0 Å². The van der Waals surface area contributed by atoms with E-state index in [0.29, 0.717) is 38.5 Å². The zero-order chi connectivity index (χ0) is 30.7. The number of hydrogen-bond acceptors (Lipinski definition) is 6. The summed E-state index contributed by atoms with van der Waals surface area (Å²) in [6, 6.07) is 2.23. The number of hydrogen-bond donors (Lipinski definition) is 5. The van der Waals surface area contributed by atoms with Gasteiger partial charge in [-0.1, -0.05) is 56.5 Å². The molecule has 1 aromatic carbocycles. The van der Waals surface area contributed by atoms with Crippen LogP contribution in [0, 0.1) is 5.82 Å². The molecule has 0 aromatic heterocycles. The first kappa shape index (κ1) is 32.3. The highest BCUT2D eigenvalue weighted by molar-refractivity contribution is 6.30. The van der Waals surface area contributed by atoms with Crippen LogP contribution in [-0.4, -0.2) is 71.3 Å². The van der Waals surface area contributed by atoms with Gasteiger partial charge in [0.05, 0.1) is 28.7 Å². The monoisotopic (exact) mass is 628 g/mol. The number of carbonyl (C=O) groups excluding carboxylic acids is 2. The minimum atomic E-state index is -2.54. The molecule has 3 unspecified atom stereocenters. The second kappa shape index (κ2) is 13.5. The summed E-state index contributed by atoms with van der Waals surface area (Å²) in [7, 11) is 0. The van der Waals surface area contributed by atoms with Gasteiger partial charge in [-0.2, -0.15) is 0 Å². The lowest BCUT2D eigenvalue weighted by Crippen LogP contribution is -2.76. The molecule has 2 bridgehead atoms. The lowest BCUT2D eigenvalue weighted by atomic mass is 9.59. The quantitative estimate of drug-likeness (QED) is 0.307. The predicted octanol–water partition coefficient (Wildman–Crippen LogP) is 4.36. The SMILES string of the molecule is O=C(COc1ccc(Cl)c(F)c1)NC12CCC(NC(=O)C3CNC(C(F)F)C4(CCCCCCCCC4)N3)(CC1)C(O)C2. The lowest BCUT2D eigenvalue weighted by molar-refractivity contribution is -0.138. The number of amides is 2. The average molecular weight is 629 g/mol. The summed E-state index contributed by atoms with van der Waals surface area (Å²) in [6.07, 6.45) is 7.10. The van der Waals surface area contributed by atoms with Crippen LogP contribution in [-0.2, 0) is 9.59 Å². The maximum absolute atomic E-state index is 14.2. The minimum Gasteiger partial charge on any atom is -0.484 e. The third-order valence-corrected chi connectivity index (χ3v) is 10.6. The summed E-state index contributed by atoms with van der Waals surface area (Å²) in [5, 5.41) is 23.7. The maximum atomic E-state index is 14.2. The van der Waals surface area contributed by atoms with Crippen molar-refractivity contribution in [3.63, 3.8) is 0 Å². The molecule has 5 aliphatic rings. The van der Waals surface area contributed by atoms with E-state index >= 15 is 0 Å². The number of aliphatic hydroxyl groups is 1. The highest BCUT2D eigenvalue weighted by Crippen LogP contribution is 2.47. The molecule has 6 rings (SSSR count). The number of halogens is 4. The third kappa shape index (κ3) is 7.26. The van der Waals surface area contributed by atoms with Gasteiger partial charge in [-0.3, -0.25) is 14.9 Å². The highest BCUT2D eigenvalue weighted by atomic mass is 35.5. The first-order valence-electron chi connectivity index (χ1n) is 15.7. The molecule has 1 aromatic rings. The smallest absolute Gasteiger partial charge is 0.258 e. The Bertz CT molecular complexity index is 1140. The summed E-state index contributed by atoms with van der Waals surface area (Å²) in [5.41, 5.74) is -2.33. The number of carbonyl (C=O) groups is 2. The molecule has 4 aliphatic carbocycles. The zero-order valence-corrected chi connectivity index (χ0v) is 25.3. The van der Waals surface area contributed by atoms with Crippen LogP contribution in [0.3, 0.4) is 0 Å². The van der Waals surface area contributed by atoms with Gasteiger partial charge < -0.3 is 25.8 Å². The second-order valence-corrected chi connectivity index (χ2v) is 13.5. The molecule has 1 spiro atoms. The Morgan fingerprint density at radius 1 is 1.00 bits per heavy atom. The molecule has 1 saturated heterocycles. The van der Waals surface area contributed by atoms with Crippen LogP contribution < -0.4 is 26.0 Å². The van der Waals surface area contributed by atoms with Crippen molar-refractivity contribution in [3.8, 4) is 5.75 Å².